The number of nitrogens with zero attached hydrogens (tertiary/aromatic N) is 4. The maximum atomic E-state index is 12.9. The Hall–Kier alpha value is -3.79. The predicted octanol–water partition coefficient (Wildman–Crippen LogP) is 2.60. The van der Waals surface area contributed by atoms with Crippen molar-refractivity contribution in [3.05, 3.63) is 66.2 Å². The molecule has 10 heteroatoms. The minimum absolute atomic E-state index is 0.0761. The Bertz CT molecular complexity index is 855. The summed E-state index contributed by atoms with van der Waals surface area (Å²) in [7, 11) is 3.25. The lowest BCUT2D eigenvalue weighted by molar-refractivity contribution is -0.142. The van der Waals surface area contributed by atoms with Gasteiger partial charge in [-0.15, -0.1) is 5.11 Å². The van der Waals surface area contributed by atoms with Gasteiger partial charge in [-0.2, -0.15) is 5.01 Å². The van der Waals surface area contributed by atoms with Gasteiger partial charge in [-0.25, -0.2) is 4.79 Å². The first-order valence-corrected chi connectivity index (χ1v) is 9.44. The Morgan fingerprint density at radius 2 is 1.58 bits per heavy atom. The molecule has 2 aromatic rings. The first-order valence-electron chi connectivity index (χ1n) is 9.44. The normalized spacial score (nSPS) is 11.2. The first kappa shape index (κ1) is 25.2. The number of nitrogens with two attached hydrogens (primary N) is 2. The Morgan fingerprint density at radius 3 is 2.10 bits per heavy atom. The molecule has 10 nitrogen and oxygen atoms in total. The molecule has 0 bridgehead atoms. The number of methoxy groups -OCH3 is 1. The average Bonchev–Trinajstić information content (AvgIpc) is 2.76. The van der Waals surface area contributed by atoms with E-state index in [4.69, 9.17) is 11.5 Å². The highest BCUT2D eigenvalue weighted by Crippen LogP contribution is 2.18. The van der Waals surface area contributed by atoms with Crippen molar-refractivity contribution in [1.82, 2.24) is 5.01 Å². The van der Waals surface area contributed by atoms with Gasteiger partial charge in [0.25, 0.3) is 5.91 Å². The third kappa shape index (κ3) is 9.50. The van der Waals surface area contributed by atoms with Crippen molar-refractivity contribution in [2.75, 3.05) is 20.8 Å². The van der Waals surface area contributed by atoms with E-state index in [2.05, 4.69) is 20.1 Å². The number of guanidine groups is 1. The van der Waals surface area contributed by atoms with Gasteiger partial charge in [0.1, 0.15) is 0 Å². The van der Waals surface area contributed by atoms with Crippen LogP contribution in [-0.4, -0.2) is 54.8 Å². The largest absolute Gasteiger partial charge is 0.480 e. The van der Waals surface area contributed by atoms with Gasteiger partial charge in [0.15, 0.2) is 12.0 Å². The lowest BCUT2D eigenvalue weighted by atomic mass is 10.1. The third-order valence-electron chi connectivity index (χ3n) is 3.75. The molecule has 0 aliphatic heterocycles. The molecule has 0 aromatic heterocycles. The molecule has 0 aliphatic carbocycles. The Kier molecular flexibility index (Phi) is 11.6. The number of hydrogen-bond acceptors (Lipinski definition) is 6. The minimum atomic E-state index is -1.21. The van der Waals surface area contributed by atoms with E-state index >= 15 is 0 Å². The number of benzene rings is 2. The molecular formula is C21H28N6O4. The van der Waals surface area contributed by atoms with Crippen LogP contribution >= 0.6 is 0 Å². The lowest BCUT2D eigenvalue weighted by Gasteiger charge is -2.23. The SMILES string of the molecule is COC.NC(N)=NCCCC(C(=O)O)N(N=Nc1ccccc1)C(=O)c1ccccc1. The molecule has 2 aromatic carbocycles. The molecule has 1 unspecified atom stereocenters. The molecule has 0 spiro atoms. The Balaban J connectivity index is 0.00000151. The molecule has 5 N–H and O–H groups in total. The third-order valence-corrected chi connectivity index (χ3v) is 3.75. The van der Waals surface area contributed by atoms with E-state index in [1.807, 2.05) is 6.07 Å². The van der Waals surface area contributed by atoms with Crippen molar-refractivity contribution in [3.63, 3.8) is 0 Å². The van der Waals surface area contributed by atoms with Crippen LogP contribution in [0.3, 0.4) is 0 Å². The standard InChI is InChI=1S/C19H22N6O3.C2H6O/c20-19(21)22-13-7-12-16(18(27)28)25(17(26)14-8-3-1-4-9-14)24-23-15-10-5-2-6-11-15;1-3-2/h1-6,8-11,16H,7,12-13H2,(H,27,28)(H4,20,21,22);1-2H3. The van der Waals surface area contributed by atoms with Gasteiger partial charge in [-0.05, 0) is 37.1 Å². The van der Waals surface area contributed by atoms with Gasteiger partial charge in [0.05, 0.1) is 5.69 Å². The van der Waals surface area contributed by atoms with E-state index in [1.54, 1.807) is 68.8 Å². The number of rotatable bonds is 9. The fourth-order valence-electron chi connectivity index (χ4n) is 2.40. The van der Waals surface area contributed by atoms with Gasteiger partial charge in [0.2, 0.25) is 0 Å². The number of carboxylic acid groups (broad SMARTS) is 1. The van der Waals surface area contributed by atoms with Crippen molar-refractivity contribution in [2.24, 2.45) is 26.8 Å². The van der Waals surface area contributed by atoms with Crippen LogP contribution < -0.4 is 11.5 Å². The molecular weight excluding hydrogens is 400 g/mol. The maximum Gasteiger partial charge on any atom is 0.328 e. The zero-order valence-electron chi connectivity index (χ0n) is 17.6. The molecule has 0 radical (unpaired) electrons. The van der Waals surface area contributed by atoms with E-state index in [0.717, 1.165) is 5.01 Å². The second kappa shape index (κ2) is 14.2. The van der Waals surface area contributed by atoms with Crippen LogP contribution in [0.15, 0.2) is 76.0 Å². The minimum Gasteiger partial charge on any atom is -0.480 e. The Labute approximate surface area is 181 Å². The van der Waals surface area contributed by atoms with Crippen LogP contribution in [0.2, 0.25) is 0 Å². The van der Waals surface area contributed by atoms with Crippen molar-refractivity contribution in [1.29, 1.82) is 0 Å². The fraction of sp³-hybridized carbons (Fsp3) is 0.286. The second-order valence-corrected chi connectivity index (χ2v) is 6.25. The molecule has 2 rings (SSSR count). The highest BCUT2D eigenvalue weighted by molar-refractivity contribution is 5.96. The molecule has 166 valence electrons. The topological polar surface area (TPSA) is 156 Å². The summed E-state index contributed by atoms with van der Waals surface area (Å²) >= 11 is 0. The van der Waals surface area contributed by atoms with Crippen LogP contribution in [0.25, 0.3) is 0 Å². The molecule has 31 heavy (non-hydrogen) atoms. The van der Waals surface area contributed by atoms with Crippen molar-refractivity contribution in [3.8, 4) is 0 Å². The highest BCUT2D eigenvalue weighted by Gasteiger charge is 2.30. The predicted molar refractivity (Wildman–Crippen MR) is 118 cm³/mol. The Morgan fingerprint density at radius 1 is 1.03 bits per heavy atom. The summed E-state index contributed by atoms with van der Waals surface area (Å²) in [5, 5.41) is 18.5. The quantitative estimate of drug-likeness (QED) is 0.183. The van der Waals surface area contributed by atoms with Crippen molar-refractivity contribution in [2.45, 2.75) is 18.9 Å². The van der Waals surface area contributed by atoms with E-state index in [9.17, 15) is 14.7 Å². The van der Waals surface area contributed by atoms with E-state index in [-0.39, 0.29) is 18.9 Å². The van der Waals surface area contributed by atoms with Gasteiger partial charge >= 0.3 is 5.97 Å². The summed E-state index contributed by atoms with van der Waals surface area (Å²) in [5.74, 6) is -1.83. The summed E-state index contributed by atoms with van der Waals surface area (Å²) in [6, 6.07) is 15.8. The summed E-state index contributed by atoms with van der Waals surface area (Å²) in [5.41, 5.74) is 11.4. The zero-order chi connectivity index (χ0) is 23.1. The smallest absolute Gasteiger partial charge is 0.328 e. The van der Waals surface area contributed by atoms with Crippen LogP contribution in [0.4, 0.5) is 5.69 Å². The molecule has 0 aliphatic rings. The fourth-order valence-corrected chi connectivity index (χ4v) is 2.40. The number of hydrogen-bond donors (Lipinski definition) is 3. The van der Waals surface area contributed by atoms with Crippen LogP contribution in [0, 0.1) is 0 Å². The van der Waals surface area contributed by atoms with E-state index in [0.29, 0.717) is 17.7 Å². The van der Waals surface area contributed by atoms with Gasteiger partial charge in [-0.3, -0.25) is 9.79 Å². The number of amides is 1. The summed E-state index contributed by atoms with van der Waals surface area (Å²) < 4.78 is 4.25. The van der Waals surface area contributed by atoms with Crippen LogP contribution in [0.1, 0.15) is 23.2 Å². The molecule has 0 heterocycles. The lowest BCUT2D eigenvalue weighted by Crippen LogP contribution is -2.41. The van der Waals surface area contributed by atoms with Crippen molar-refractivity contribution < 1.29 is 19.4 Å². The van der Waals surface area contributed by atoms with Gasteiger partial charge in [0, 0.05) is 26.3 Å². The number of aliphatic imine (C=N–C) groups is 1. The van der Waals surface area contributed by atoms with Crippen LogP contribution in [-0.2, 0) is 9.53 Å². The van der Waals surface area contributed by atoms with Crippen molar-refractivity contribution >= 4 is 23.5 Å². The van der Waals surface area contributed by atoms with Crippen LogP contribution in [0.5, 0.6) is 0 Å². The summed E-state index contributed by atoms with van der Waals surface area (Å²) in [6.45, 7) is 0.245. The van der Waals surface area contributed by atoms with E-state index < -0.39 is 17.9 Å². The number of carbonyl (C=O) groups is 2. The van der Waals surface area contributed by atoms with Gasteiger partial charge in [-0.1, -0.05) is 41.6 Å². The number of ether oxygens (including phenoxy) is 1. The van der Waals surface area contributed by atoms with E-state index in [1.165, 1.54) is 0 Å². The number of aliphatic carboxylic acids is 1. The molecule has 0 saturated heterocycles. The first-order chi connectivity index (χ1) is 14.9. The monoisotopic (exact) mass is 428 g/mol. The maximum absolute atomic E-state index is 12.9. The summed E-state index contributed by atoms with van der Waals surface area (Å²) in [6.07, 6.45) is 0.465. The number of carbonyl (C=O) groups excluding carboxylic acids is 1. The molecule has 1 amide bonds. The molecule has 0 saturated carbocycles. The second-order valence-electron chi connectivity index (χ2n) is 6.25. The number of carboxylic acids is 1. The summed E-state index contributed by atoms with van der Waals surface area (Å²) in [4.78, 5) is 28.6. The molecule has 1 atom stereocenters. The zero-order valence-corrected chi connectivity index (χ0v) is 17.6. The highest BCUT2D eigenvalue weighted by atomic mass is 16.4. The van der Waals surface area contributed by atoms with Gasteiger partial charge < -0.3 is 21.3 Å². The average molecular weight is 428 g/mol. The molecule has 0 fully saturated rings.